The first-order chi connectivity index (χ1) is 10.8. The smallest absolute Gasteiger partial charge is 0.223 e. The number of rotatable bonds is 9. The third-order valence-electron chi connectivity index (χ3n) is 4.28. The van der Waals surface area contributed by atoms with E-state index in [9.17, 15) is 0 Å². The zero-order valence-corrected chi connectivity index (χ0v) is 13.6. The lowest BCUT2D eigenvalue weighted by atomic mass is 10.0. The van der Waals surface area contributed by atoms with E-state index in [4.69, 9.17) is 6.57 Å². The van der Waals surface area contributed by atoms with E-state index in [0.29, 0.717) is 0 Å². The number of hydrogen-bond donors (Lipinski definition) is 0. The maximum Gasteiger partial charge on any atom is 0.223 e. The summed E-state index contributed by atoms with van der Waals surface area (Å²) in [5.74, 6) is 0. The molecular weight excluding hydrogens is 268 g/mol. The van der Waals surface area contributed by atoms with Crippen molar-refractivity contribution in [2.75, 3.05) is 0 Å². The minimum absolute atomic E-state index is 0.229. The molecule has 0 saturated heterocycles. The predicted molar refractivity (Wildman–Crippen MR) is 93.8 cm³/mol. The molecule has 0 fully saturated rings. The van der Waals surface area contributed by atoms with Gasteiger partial charge in [0.1, 0.15) is 0 Å². The molecule has 0 aliphatic rings. The first-order valence-electron chi connectivity index (χ1n) is 8.54. The Morgan fingerprint density at radius 2 is 1.82 bits per heavy atom. The predicted octanol–water partition coefficient (Wildman–Crippen LogP) is 5.82. The van der Waals surface area contributed by atoms with Crippen molar-refractivity contribution in [3.63, 3.8) is 0 Å². The molecule has 0 radical (unpaired) electrons. The summed E-state index contributed by atoms with van der Waals surface area (Å²) in [4.78, 5) is 8.33. The van der Waals surface area contributed by atoms with Crippen LogP contribution in [-0.4, -0.2) is 11.0 Å². The van der Waals surface area contributed by atoms with Gasteiger partial charge in [-0.2, -0.15) is 0 Å². The monoisotopic (exact) mass is 294 g/mol. The van der Waals surface area contributed by atoms with Crippen LogP contribution >= 0.6 is 0 Å². The summed E-state index contributed by atoms with van der Waals surface area (Å²) in [5.41, 5.74) is 1.20. The Kier molecular flexibility index (Phi) is 6.90. The van der Waals surface area contributed by atoms with Crippen molar-refractivity contribution in [3.05, 3.63) is 53.6 Å². The molecule has 1 aromatic heterocycles. The molecule has 2 rings (SSSR count). The first-order valence-corrected chi connectivity index (χ1v) is 8.54. The molecule has 0 spiro atoms. The van der Waals surface area contributed by atoms with Crippen molar-refractivity contribution in [1.82, 2.24) is 4.98 Å². The molecule has 2 nitrogen and oxygen atoms in total. The fourth-order valence-corrected chi connectivity index (χ4v) is 2.96. The van der Waals surface area contributed by atoms with Crippen molar-refractivity contribution < 1.29 is 0 Å². The van der Waals surface area contributed by atoms with Gasteiger partial charge in [-0.3, -0.25) is 4.98 Å². The Bertz CT molecular complexity index is 607. The lowest BCUT2D eigenvalue weighted by Gasteiger charge is -2.07. The van der Waals surface area contributed by atoms with E-state index in [1.54, 1.807) is 0 Å². The van der Waals surface area contributed by atoms with Crippen LogP contribution in [0.5, 0.6) is 0 Å². The lowest BCUT2D eigenvalue weighted by molar-refractivity contribution is 0.548. The molecule has 1 atom stereocenters. The summed E-state index contributed by atoms with van der Waals surface area (Å²) in [6, 6.07) is 10.8. The largest absolute Gasteiger partial charge is 0.314 e. The molecule has 0 aliphatic carbocycles. The fraction of sp³-hybridized carbons (Fsp3) is 0.500. The second kappa shape index (κ2) is 9.20. The van der Waals surface area contributed by atoms with Gasteiger partial charge in [-0.05, 0) is 37.1 Å². The summed E-state index contributed by atoms with van der Waals surface area (Å²) in [6.45, 7) is 9.53. The highest BCUT2D eigenvalue weighted by atomic mass is 14.7. The van der Waals surface area contributed by atoms with Crippen molar-refractivity contribution in [2.24, 2.45) is 0 Å². The molecule has 0 saturated carbocycles. The number of pyridine rings is 1. The van der Waals surface area contributed by atoms with E-state index >= 15 is 0 Å². The quantitative estimate of drug-likeness (QED) is 0.421. The number of unbranched alkanes of at least 4 members (excludes halogenated alkanes) is 3. The average molecular weight is 294 g/mol. The van der Waals surface area contributed by atoms with E-state index < -0.39 is 0 Å². The molecular formula is C20H26N2. The van der Waals surface area contributed by atoms with Crippen molar-refractivity contribution in [1.29, 1.82) is 0 Å². The van der Waals surface area contributed by atoms with Gasteiger partial charge in [-0.15, -0.1) is 0 Å². The minimum Gasteiger partial charge on any atom is -0.314 e. The van der Waals surface area contributed by atoms with Gasteiger partial charge in [0.05, 0.1) is 0 Å². The molecule has 22 heavy (non-hydrogen) atoms. The van der Waals surface area contributed by atoms with Crippen molar-refractivity contribution in [3.8, 4) is 0 Å². The number of fused-ring (bicyclic) bond motifs is 1. The van der Waals surface area contributed by atoms with Gasteiger partial charge < -0.3 is 4.85 Å². The summed E-state index contributed by atoms with van der Waals surface area (Å²) < 4.78 is 0. The maximum atomic E-state index is 7.32. The Morgan fingerprint density at radius 1 is 1.05 bits per heavy atom. The molecule has 116 valence electrons. The molecule has 1 heterocycles. The van der Waals surface area contributed by atoms with Crippen LogP contribution in [0.25, 0.3) is 15.6 Å². The summed E-state index contributed by atoms with van der Waals surface area (Å²) in [6.07, 6.45) is 11.0. The van der Waals surface area contributed by atoms with Crippen LogP contribution in [0.15, 0.2) is 36.5 Å². The molecule has 1 unspecified atom stereocenters. The topological polar surface area (TPSA) is 17.2 Å². The van der Waals surface area contributed by atoms with Gasteiger partial charge in [-0.1, -0.05) is 44.0 Å². The van der Waals surface area contributed by atoms with Crippen LogP contribution in [0.2, 0.25) is 0 Å². The highest BCUT2D eigenvalue weighted by Gasteiger charge is 2.11. The molecule has 0 bridgehead atoms. The number of aryl methyl sites for hydroxylation is 1. The van der Waals surface area contributed by atoms with Crippen LogP contribution in [-0.2, 0) is 6.42 Å². The second-order valence-electron chi connectivity index (χ2n) is 6.00. The van der Waals surface area contributed by atoms with E-state index in [2.05, 4.69) is 47.1 Å². The summed E-state index contributed by atoms with van der Waals surface area (Å²) >= 11 is 0. The highest BCUT2D eigenvalue weighted by Crippen LogP contribution is 2.19. The molecule has 2 aromatic rings. The molecule has 0 N–H and O–H groups in total. The Balaban J connectivity index is 1.79. The first kappa shape index (κ1) is 16.5. The number of benzene rings is 1. The van der Waals surface area contributed by atoms with E-state index in [1.165, 1.54) is 35.7 Å². The number of nitrogens with zero attached hydrogens (tertiary/aromatic N) is 2. The van der Waals surface area contributed by atoms with Crippen LogP contribution in [0, 0.1) is 6.57 Å². The Morgan fingerprint density at radius 3 is 2.59 bits per heavy atom. The van der Waals surface area contributed by atoms with E-state index in [-0.39, 0.29) is 6.04 Å². The third kappa shape index (κ3) is 4.84. The summed E-state index contributed by atoms with van der Waals surface area (Å²) in [7, 11) is 0. The third-order valence-corrected chi connectivity index (χ3v) is 4.28. The van der Waals surface area contributed by atoms with Crippen LogP contribution < -0.4 is 0 Å². The lowest BCUT2D eigenvalue weighted by Crippen LogP contribution is -2.02. The second-order valence-corrected chi connectivity index (χ2v) is 6.00. The van der Waals surface area contributed by atoms with Crippen molar-refractivity contribution >= 4 is 10.8 Å². The van der Waals surface area contributed by atoms with Gasteiger partial charge >= 0.3 is 0 Å². The fourth-order valence-electron chi connectivity index (χ4n) is 2.96. The molecule has 0 aliphatic heterocycles. The number of hydrogen-bond acceptors (Lipinski definition) is 1. The van der Waals surface area contributed by atoms with Crippen molar-refractivity contribution in [2.45, 2.75) is 64.3 Å². The van der Waals surface area contributed by atoms with Gasteiger partial charge in [0.15, 0.2) is 0 Å². The SMILES string of the molecule is [C-]#[N+]C(CCCCC)CCCCc1nccc2ccccc12. The van der Waals surface area contributed by atoms with Gasteiger partial charge in [0.2, 0.25) is 6.04 Å². The maximum absolute atomic E-state index is 7.32. The van der Waals surface area contributed by atoms with E-state index in [0.717, 1.165) is 32.1 Å². The van der Waals surface area contributed by atoms with E-state index in [1.807, 2.05) is 6.20 Å². The Labute approximate surface area is 134 Å². The number of aromatic nitrogens is 1. The van der Waals surface area contributed by atoms with Gasteiger partial charge in [0, 0.05) is 30.1 Å². The zero-order chi connectivity index (χ0) is 15.6. The normalized spacial score (nSPS) is 12.2. The van der Waals surface area contributed by atoms with Crippen LogP contribution in [0.1, 0.15) is 57.6 Å². The van der Waals surface area contributed by atoms with Crippen LogP contribution in [0.3, 0.4) is 0 Å². The van der Waals surface area contributed by atoms with Gasteiger partial charge in [0.25, 0.3) is 0 Å². The summed E-state index contributed by atoms with van der Waals surface area (Å²) in [5, 5.41) is 2.54. The standard InChI is InChI=1S/C20H26N2/c1-3-4-5-11-18(21-2)12-7-9-14-20-19-13-8-6-10-17(19)15-16-22-20/h6,8,10,13,15-16,18H,3-5,7,9,11-12,14H2,1H3. The minimum atomic E-state index is 0.229. The highest BCUT2D eigenvalue weighted by molar-refractivity contribution is 5.84. The van der Waals surface area contributed by atoms with Gasteiger partial charge in [-0.25, -0.2) is 6.57 Å². The molecule has 1 aromatic carbocycles. The average Bonchev–Trinajstić information content (AvgIpc) is 2.57. The molecule has 0 amide bonds. The Hall–Kier alpha value is -1.88. The zero-order valence-electron chi connectivity index (χ0n) is 13.6. The van der Waals surface area contributed by atoms with Crippen LogP contribution in [0.4, 0.5) is 0 Å². The molecule has 2 heteroatoms.